The van der Waals surface area contributed by atoms with Gasteiger partial charge in [-0.05, 0) is 83.1 Å². The van der Waals surface area contributed by atoms with E-state index in [0.717, 1.165) is 22.2 Å². The van der Waals surface area contributed by atoms with Crippen LogP contribution in [0.1, 0.15) is 91.7 Å². The number of ether oxygens (including phenoxy) is 4. The predicted octanol–water partition coefficient (Wildman–Crippen LogP) is 5.45. The molecule has 2 N–H and O–H groups in total. The van der Waals surface area contributed by atoms with E-state index >= 15 is 0 Å². The summed E-state index contributed by atoms with van der Waals surface area (Å²) >= 11 is 0. The first-order chi connectivity index (χ1) is 25.4. The quantitative estimate of drug-likeness (QED) is 0.299. The number of hydrogen-bond donors (Lipinski definition) is 2. The van der Waals surface area contributed by atoms with Crippen LogP contribution in [0.15, 0.2) is 42.6 Å². The molecule has 14 nitrogen and oxygen atoms in total. The fraction of sp³-hybridized carbons (Fsp3) is 0.538. The lowest BCUT2D eigenvalue weighted by atomic mass is 9.79. The zero-order chi connectivity index (χ0) is 38.7. The van der Waals surface area contributed by atoms with Crippen molar-refractivity contribution in [2.24, 2.45) is 5.92 Å². The van der Waals surface area contributed by atoms with Gasteiger partial charge in [0.15, 0.2) is 11.5 Å². The number of nitrogens with one attached hydrogen (secondary N) is 2. The van der Waals surface area contributed by atoms with Gasteiger partial charge in [-0.3, -0.25) is 9.69 Å². The van der Waals surface area contributed by atoms with Crippen LogP contribution >= 0.6 is 0 Å². The number of benzene rings is 2. The number of amides is 3. The summed E-state index contributed by atoms with van der Waals surface area (Å²) in [6.07, 6.45) is 0.300. The van der Waals surface area contributed by atoms with Gasteiger partial charge in [-0.1, -0.05) is 38.1 Å². The molecular weight excluding hydrogens is 693 g/mol. The summed E-state index contributed by atoms with van der Waals surface area (Å²) in [6.45, 7) is 18.1. The molecule has 2 saturated heterocycles. The Kier molecular flexibility index (Phi) is 9.62. The third kappa shape index (κ3) is 7.48. The molecule has 0 bridgehead atoms. The average Bonchev–Trinajstić information content (AvgIpc) is 3.91. The van der Waals surface area contributed by atoms with E-state index in [1.165, 1.54) is 0 Å². The molecular formula is C39H50BN5O9. The smallest absolute Gasteiger partial charge is 0.454 e. The van der Waals surface area contributed by atoms with E-state index in [4.69, 9.17) is 33.2 Å². The fourth-order valence-electron chi connectivity index (χ4n) is 7.09. The highest BCUT2D eigenvalue weighted by atomic mass is 16.7. The number of imidazole rings is 1. The SMILES string of the molecule is CC(C)[C@H](NC(=O)OC(C)(C)C)C(=O)N1C[C@H](OC(=O)N2Cc3cc4c(cc3C2)OCO4)C[C@H]1c1nc(-c2ccc(B3OC(C)(C)C(C)(C)O3)cc2)c[nH]1. The summed E-state index contributed by atoms with van der Waals surface area (Å²) in [5, 5.41) is 2.78. The van der Waals surface area contributed by atoms with Gasteiger partial charge in [0.1, 0.15) is 23.6 Å². The normalized spacial score (nSPS) is 21.7. The van der Waals surface area contributed by atoms with Gasteiger partial charge in [0.25, 0.3) is 0 Å². The molecule has 0 aliphatic carbocycles. The second-order valence-electron chi connectivity index (χ2n) is 16.8. The third-order valence-corrected chi connectivity index (χ3v) is 10.7. The van der Waals surface area contributed by atoms with Gasteiger partial charge in [-0.15, -0.1) is 0 Å². The molecule has 2 fully saturated rings. The van der Waals surface area contributed by atoms with Crippen molar-refractivity contribution in [3.8, 4) is 22.8 Å². The molecule has 54 heavy (non-hydrogen) atoms. The molecule has 2 aromatic carbocycles. The van der Waals surface area contributed by atoms with Crippen LogP contribution in [0.5, 0.6) is 11.5 Å². The number of hydrogen-bond acceptors (Lipinski definition) is 10. The summed E-state index contributed by atoms with van der Waals surface area (Å²) in [5.74, 6) is 1.27. The Labute approximate surface area is 316 Å². The number of aromatic amines is 1. The first kappa shape index (κ1) is 37.6. The number of fused-ring (bicyclic) bond motifs is 2. The maximum Gasteiger partial charge on any atom is 0.494 e. The molecule has 3 atom stereocenters. The lowest BCUT2D eigenvalue weighted by molar-refractivity contribution is -0.136. The monoisotopic (exact) mass is 743 g/mol. The average molecular weight is 744 g/mol. The Morgan fingerprint density at radius 2 is 1.59 bits per heavy atom. The molecule has 4 aliphatic rings. The van der Waals surface area contributed by atoms with Crippen molar-refractivity contribution >= 4 is 30.7 Å². The lowest BCUT2D eigenvalue weighted by Gasteiger charge is -2.32. The van der Waals surface area contributed by atoms with Gasteiger partial charge < -0.3 is 43.5 Å². The highest BCUT2D eigenvalue weighted by molar-refractivity contribution is 6.62. The Bertz CT molecular complexity index is 1870. The molecule has 15 heteroatoms. The molecule has 0 saturated carbocycles. The van der Waals surface area contributed by atoms with Crippen molar-refractivity contribution in [2.75, 3.05) is 13.3 Å². The highest BCUT2D eigenvalue weighted by Gasteiger charge is 2.51. The van der Waals surface area contributed by atoms with Crippen LogP contribution < -0.4 is 20.3 Å². The van der Waals surface area contributed by atoms with Crippen molar-refractivity contribution < 1.29 is 42.6 Å². The summed E-state index contributed by atoms with van der Waals surface area (Å²) < 4.78 is 35.1. The molecule has 288 valence electrons. The molecule has 0 unspecified atom stereocenters. The molecule has 4 aliphatic heterocycles. The summed E-state index contributed by atoms with van der Waals surface area (Å²) in [5.41, 5.74) is 2.73. The van der Waals surface area contributed by atoms with E-state index in [9.17, 15) is 14.4 Å². The van der Waals surface area contributed by atoms with Gasteiger partial charge in [0.05, 0.1) is 29.5 Å². The number of rotatable bonds is 7. The minimum Gasteiger partial charge on any atom is -0.454 e. The van der Waals surface area contributed by atoms with Gasteiger partial charge in [-0.2, -0.15) is 0 Å². The van der Waals surface area contributed by atoms with E-state index in [1.807, 2.05) is 77.9 Å². The van der Waals surface area contributed by atoms with Crippen LogP contribution in [0.4, 0.5) is 9.59 Å². The van der Waals surface area contributed by atoms with E-state index in [1.54, 1.807) is 36.8 Å². The Morgan fingerprint density at radius 1 is 0.981 bits per heavy atom. The molecule has 3 aromatic rings. The number of alkyl carbamates (subject to hydrolysis) is 1. The van der Waals surface area contributed by atoms with Crippen molar-refractivity contribution in [3.05, 3.63) is 59.5 Å². The zero-order valence-corrected chi connectivity index (χ0v) is 32.5. The van der Waals surface area contributed by atoms with Crippen molar-refractivity contribution in [3.63, 3.8) is 0 Å². The standard InChI is InChI=1S/C39H50BN5O9/c1-22(2)32(43-35(47)52-37(3,4)5)34(46)45-20-27(51-36(48)44-18-24-14-30-31(50-21-49-30)15-25(24)19-44)16-29(45)33-41-17-28(42-33)23-10-12-26(13-11-23)40-53-38(6,7)39(8,9)54-40/h10-15,17,22,27,29,32H,16,18-21H2,1-9H3,(H,41,42)(H,43,47)/t27-,29+,32+/m1/s1. The van der Waals surface area contributed by atoms with Crippen LogP contribution in [-0.4, -0.2) is 87.3 Å². The van der Waals surface area contributed by atoms with Crippen LogP contribution in [0.2, 0.25) is 0 Å². The van der Waals surface area contributed by atoms with Gasteiger partial charge in [0, 0.05) is 31.3 Å². The van der Waals surface area contributed by atoms with Crippen LogP contribution in [0.3, 0.4) is 0 Å². The first-order valence-corrected chi connectivity index (χ1v) is 18.6. The largest absolute Gasteiger partial charge is 0.494 e. The molecule has 5 heterocycles. The highest BCUT2D eigenvalue weighted by Crippen LogP contribution is 2.40. The minimum atomic E-state index is -0.895. The van der Waals surface area contributed by atoms with Crippen molar-refractivity contribution in [1.82, 2.24) is 25.1 Å². The Balaban J connectivity index is 1.09. The number of nitrogens with zero attached hydrogens (tertiary/aromatic N) is 3. The second-order valence-corrected chi connectivity index (χ2v) is 16.8. The molecule has 0 spiro atoms. The first-order valence-electron chi connectivity index (χ1n) is 18.6. The van der Waals surface area contributed by atoms with Gasteiger partial charge >= 0.3 is 19.3 Å². The fourth-order valence-corrected chi connectivity index (χ4v) is 7.09. The summed E-state index contributed by atoms with van der Waals surface area (Å²) in [4.78, 5) is 52.3. The van der Waals surface area contributed by atoms with E-state index in [-0.39, 0.29) is 25.2 Å². The zero-order valence-electron chi connectivity index (χ0n) is 32.5. The van der Waals surface area contributed by atoms with Gasteiger partial charge in [-0.25, -0.2) is 14.6 Å². The molecule has 7 rings (SSSR count). The number of likely N-dealkylation sites (tertiary alicyclic amines) is 1. The number of aromatic nitrogens is 2. The Hall–Kier alpha value is -4.76. The third-order valence-electron chi connectivity index (χ3n) is 10.7. The van der Waals surface area contributed by atoms with Crippen LogP contribution in [0.25, 0.3) is 11.3 Å². The van der Waals surface area contributed by atoms with E-state index < -0.39 is 54.3 Å². The van der Waals surface area contributed by atoms with Crippen LogP contribution in [-0.2, 0) is 36.7 Å². The van der Waals surface area contributed by atoms with Gasteiger partial charge in [0.2, 0.25) is 12.7 Å². The van der Waals surface area contributed by atoms with Crippen molar-refractivity contribution in [1.29, 1.82) is 0 Å². The Morgan fingerprint density at radius 3 is 2.17 bits per heavy atom. The lowest BCUT2D eigenvalue weighted by Crippen LogP contribution is -2.52. The van der Waals surface area contributed by atoms with Crippen molar-refractivity contribution in [2.45, 2.75) is 117 Å². The molecule has 0 radical (unpaired) electrons. The second kappa shape index (κ2) is 13.8. The molecule has 1 aromatic heterocycles. The maximum absolute atomic E-state index is 14.4. The minimum absolute atomic E-state index is 0.115. The topological polar surface area (TPSA) is 154 Å². The summed E-state index contributed by atoms with van der Waals surface area (Å²) in [7, 11) is -0.488. The predicted molar refractivity (Wildman–Crippen MR) is 199 cm³/mol. The number of carbonyl (C=O) groups is 3. The molecule has 3 amide bonds. The van der Waals surface area contributed by atoms with E-state index in [0.29, 0.717) is 42.5 Å². The summed E-state index contributed by atoms with van der Waals surface area (Å²) in [6, 6.07) is 10.2. The van der Waals surface area contributed by atoms with E-state index in [2.05, 4.69) is 10.3 Å². The van der Waals surface area contributed by atoms with Crippen LogP contribution in [0, 0.1) is 5.92 Å². The maximum atomic E-state index is 14.4. The number of H-pyrrole nitrogens is 1. The number of carbonyl (C=O) groups excluding carboxylic acids is 3.